The van der Waals surface area contributed by atoms with Crippen LogP contribution in [0.5, 0.6) is 5.88 Å². The number of rotatable bonds is 6. The topological polar surface area (TPSA) is 93.1 Å². The maximum Gasteiger partial charge on any atom is 0.224 e. The second-order valence-electron chi connectivity index (χ2n) is 8.91. The van der Waals surface area contributed by atoms with Crippen molar-refractivity contribution in [2.75, 3.05) is 42.8 Å². The molecule has 1 aromatic carbocycles. The lowest BCUT2D eigenvalue weighted by molar-refractivity contribution is 0.147. The van der Waals surface area contributed by atoms with Crippen LogP contribution >= 0.6 is 11.6 Å². The molecule has 2 unspecified atom stereocenters. The van der Waals surface area contributed by atoms with Crippen molar-refractivity contribution < 1.29 is 19.3 Å². The number of nitrogens with zero attached hydrogens (tertiary/aromatic N) is 5. The molecule has 0 amide bonds. The van der Waals surface area contributed by atoms with E-state index in [0.717, 1.165) is 36.2 Å². The fourth-order valence-electron chi connectivity index (χ4n) is 4.88. The standard InChI is InChI=1S/C24H26ClN5O4/c25-16-1-2-18-19(9-16)27-22(28-23(18)34-13-15-4-7-32-12-15)11-29-21-10-26-6-3-20(21)30(24(29)31)17-5-8-33-14-17/h1-3,6,9-10,15,17,24,31H,4-5,7-8,11-14H2/t15?,17-,24?/m0/s1. The molecule has 5 heterocycles. The van der Waals surface area contributed by atoms with Gasteiger partial charge in [0.15, 0.2) is 5.82 Å². The third-order valence-electron chi connectivity index (χ3n) is 6.65. The first-order valence-electron chi connectivity index (χ1n) is 11.6. The number of benzene rings is 1. The molecule has 2 fully saturated rings. The molecular weight excluding hydrogens is 458 g/mol. The van der Waals surface area contributed by atoms with Gasteiger partial charge in [-0.2, -0.15) is 4.98 Å². The van der Waals surface area contributed by atoms with Gasteiger partial charge in [0.25, 0.3) is 0 Å². The van der Waals surface area contributed by atoms with E-state index in [1.54, 1.807) is 12.4 Å². The Hall–Kier alpha value is -2.72. The summed E-state index contributed by atoms with van der Waals surface area (Å²) in [5, 5.41) is 12.7. The number of halogens is 1. The molecule has 6 rings (SSSR count). The number of aliphatic hydroxyl groups is 1. The summed E-state index contributed by atoms with van der Waals surface area (Å²) in [7, 11) is 0. The maximum absolute atomic E-state index is 11.3. The van der Waals surface area contributed by atoms with Gasteiger partial charge in [-0.3, -0.25) is 4.98 Å². The molecule has 34 heavy (non-hydrogen) atoms. The van der Waals surface area contributed by atoms with E-state index in [-0.39, 0.29) is 12.6 Å². The maximum atomic E-state index is 11.3. The highest BCUT2D eigenvalue weighted by atomic mass is 35.5. The Kier molecular flexibility index (Phi) is 5.86. The molecule has 1 N–H and O–H groups in total. The summed E-state index contributed by atoms with van der Waals surface area (Å²) in [6, 6.07) is 7.53. The molecule has 3 aliphatic rings. The first-order chi connectivity index (χ1) is 16.7. The van der Waals surface area contributed by atoms with Crippen molar-refractivity contribution in [3.8, 4) is 5.88 Å². The van der Waals surface area contributed by atoms with Gasteiger partial charge in [0.05, 0.1) is 60.9 Å². The number of fused-ring (bicyclic) bond motifs is 2. The zero-order valence-electron chi connectivity index (χ0n) is 18.6. The monoisotopic (exact) mass is 483 g/mol. The molecule has 0 saturated carbocycles. The van der Waals surface area contributed by atoms with Crippen LogP contribution in [0.3, 0.4) is 0 Å². The van der Waals surface area contributed by atoms with Gasteiger partial charge in [-0.15, -0.1) is 0 Å². The van der Waals surface area contributed by atoms with E-state index in [1.807, 2.05) is 34.1 Å². The van der Waals surface area contributed by atoms with Crippen LogP contribution in [0.2, 0.25) is 5.02 Å². The van der Waals surface area contributed by atoms with Crippen LogP contribution < -0.4 is 14.5 Å². The van der Waals surface area contributed by atoms with E-state index < -0.39 is 6.35 Å². The van der Waals surface area contributed by atoms with Crippen LogP contribution in [0.15, 0.2) is 36.7 Å². The van der Waals surface area contributed by atoms with E-state index in [0.29, 0.717) is 54.6 Å². The van der Waals surface area contributed by atoms with Crippen LogP contribution in [0, 0.1) is 5.92 Å². The zero-order valence-corrected chi connectivity index (χ0v) is 19.4. The summed E-state index contributed by atoms with van der Waals surface area (Å²) < 4.78 is 17.2. The number of anilines is 2. The molecule has 10 heteroatoms. The highest BCUT2D eigenvalue weighted by molar-refractivity contribution is 6.31. The predicted octanol–water partition coefficient (Wildman–Crippen LogP) is 2.98. The molecule has 9 nitrogen and oxygen atoms in total. The highest BCUT2D eigenvalue weighted by Crippen LogP contribution is 2.41. The molecule has 0 aliphatic carbocycles. The van der Waals surface area contributed by atoms with Gasteiger partial charge in [0.2, 0.25) is 12.2 Å². The first kappa shape index (κ1) is 21.8. The summed E-state index contributed by atoms with van der Waals surface area (Å²) >= 11 is 6.26. The van der Waals surface area contributed by atoms with Crippen molar-refractivity contribution in [1.29, 1.82) is 0 Å². The Bertz CT molecular complexity index is 1190. The smallest absolute Gasteiger partial charge is 0.224 e. The molecule has 3 atom stereocenters. The van der Waals surface area contributed by atoms with Gasteiger partial charge < -0.3 is 29.1 Å². The van der Waals surface area contributed by atoms with Crippen molar-refractivity contribution in [2.24, 2.45) is 5.92 Å². The van der Waals surface area contributed by atoms with Gasteiger partial charge in [0, 0.05) is 30.4 Å². The van der Waals surface area contributed by atoms with E-state index >= 15 is 0 Å². The molecule has 178 valence electrons. The van der Waals surface area contributed by atoms with Crippen LogP contribution in [0.1, 0.15) is 18.7 Å². The minimum absolute atomic E-state index is 0.102. The lowest BCUT2D eigenvalue weighted by Gasteiger charge is -2.31. The van der Waals surface area contributed by atoms with E-state index in [1.165, 1.54) is 0 Å². The van der Waals surface area contributed by atoms with Crippen molar-refractivity contribution >= 4 is 33.9 Å². The fraction of sp³-hybridized carbons (Fsp3) is 0.458. The molecular formula is C24H26ClN5O4. The average molecular weight is 484 g/mol. The molecule has 0 spiro atoms. The lowest BCUT2D eigenvalue weighted by Crippen LogP contribution is -2.48. The Labute approximate surface area is 202 Å². The van der Waals surface area contributed by atoms with Gasteiger partial charge in [-0.05, 0) is 37.1 Å². The van der Waals surface area contributed by atoms with Crippen LogP contribution in [0.25, 0.3) is 10.9 Å². The summed E-state index contributed by atoms with van der Waals surface area (Å²) in [6.07, 6.45) is 4.48. The Balaban J connectivity index is 1.32. The number of ether oxygens (including phenoxy) is 3. The third-order valence-corrected chi connectivity index (χ3v) is 6.89. The van der Waals surface area contributed by atoms with Crippen molar-refractivity contribution in [1.82, 2.24) is 15.0 Å². The quantitative estimate of drug-likeness (QED) is 0.567. The van der Waals surface area contributed by atoms with Crippen LogP contribution in [-0.4, -0.2) is 65.5 Å². The summed E-state index contributed by atoms with van der Waals surface area (Å²) in [5.74, 6) is 1.40. The van der Waals surface area contributed by atoms with Gasteiger partial charge in [-0.25, -0.2) is 4.98 Å². The first-order valence-corrected chi connectivity index (χ1v) is 12.0. The Morgan fingerprint density at radius 1 is 1.09 bits per heavy atom. The fourth-order valence-corrected chi connectivity index (χ4v) is 5.04. The number of hydrogen-bond donors (Lipinski definition) is 1. The number of pyridine rings is 1. The predicted molar refractivity (Wildman–Crippen MR) is 127 cm³/mol. The Morgan fingerprint density at radius 3 is 2.79 bits per heavy atom. The van der Waals surface area contributed by atoms with E-state index in [4.69, 9.17) is 35.8 Å². The zero-order chi connectivity index (χ0) is 23.1. The van der Waals surface area contributed by atoms with Crippen LogP contribution in [-0.2, 0) is 16.0 Å². The second kappa shape index (κ2) is 9.14. The highest BCUT2D eigenvalue weighted by Gasteiger charge is 2.40. The van der Waals surface area contributed by atoms with Gasteiger partial charge in [-0.1, -0.05) is 11.6 Å². The summed E-state index contributed by atoms with van der Waals surface area (Å²) in [5.41, 5.74) is 2.47. The SMILES string of the molecule is OC1N(Cc2nc(OCC3CCOC3)c3ccc(Cl)cc3n2)c2cnccc2N1[C@H]1CCOC1. The van der Waals surface area contributed by atoms with E-state index in [9.17, 15) is 5.11 Å². The Morgan fingerprint density at radius 2 is 1.97 bits per heavy atom. The normalized spacial score (nSPS) is 24.2. The summed E-state index contributed by atoms with van der Waals surface area (Å²) in [4.78, 5) is 17.7. The molecule has 0 radical (unpaired) electrons. The van der Waals surface area contributed by atoms with Gasteiger partial charge in [0.1, 0.15) is 0 Å². The number of hydrogen-bond acceptors (Lipinski definition) is 9. The number of aliphatic hydroxyl groups excluding tert-OH is 1. The van der Waals surface area contributed by atoms with Crippen LogP contribution in [0.4, 0.5) is 11.4 Å². The number of aromatic nitrogens is 3. The minimum atomic E-state index is -0.871. The van der Waals surface area contributed by atoms with Gasteiger partial charge >= 0.3 is 0 Å². The molecule has 2 saturated heterocycles. The molecule has 3 aromatic rings. The molecule has 0 bridgehead atoms. The summed E-state index contributed by atoms with van der Waals surface area (Å²) in [6.45, 7) is 3.56. The lowest BCUT2D eigenvalue weighted by atomic mass is 10.1. The van der Waals surface area contributed by atoms with E-state index in [2.05, 4.69) is 4.98 Å². The average Bonchev–Trinajstić information content (AvgIpc) is 3.59. The van der Waals surface area contributed by atoms with Crippen molar-refractivity contribution in [2.45, 2.75) is 31.8 Å². The third kappa shape index (κ3) is 4.02. The minimum Gasteiger partial charge on any atom is -0.477 e. The molecule has 3 aliphatic heterocycles. The van der Waals surface area contributed by atoms with Crippen molar-refractivity contribution in [3.63, 3.8) is 0 Å². The van der Waals surface area contributed by atoms with Crippen molar-refractivity contribution in [3.05, 3.63) is 47.5 Å². The largest absolute Gasteiger partial charge is 0.477 e. The second-order valence-corrected chi connectivity index (χ2v) is 9.35. The molecule has 2 aromatic heterocycles.